The van der Waals surface area contributed by atoms with Gasteiger partial charge in [0.25, 0.3) is 0 Å². The molecule has 1 aliphatic heterocycles. The van der Waals surface area contributed by atoms with Crippen molar-refractivity contribution in [2.24, 2.45) is 0 Å². The van der Waals surface area contributed by atoms with Crippen LogP contribution in [-0.2, 0) is 10.0 Å². The Morgan fingerprint density at radius 3 is 2.68 bits per heavy atom. The fourth-order valence-corrected chi connectivity index (χ4v) is 5.14. The summed E-state index contributed by atoms with van der Waals surface area (Å²) in [6.07, 6.45) is 2.53. The maximum atomic E-state index is 13.0. The second-order valence-corrected chi connectivity index (χ2v) is 8.90. The maximum absolute atomic E-state index is 13.0. The normalized spacial score (nSPS) is 17.7. The van der Waals surface area contributed by atoms with Crippen molar-refractivity contribution in [3.05, 3.63) is 59.8 Å². The number of nitrogens with zero attached hydrogens (tertiary/aromatic N) is 4. The molecule has 0 N–H and O–H groups in total. The topological polar surface area (TPSA) is 77.3 Å². The molecule has 1 aromatic heterocycles. The van der Waals surface area contributed by atoms with Gasteiger partial charge in [-0.2, -0.15) is 4.31 Å². The molecule has 1 aliphatic rings. The quantitative estimate of drug-likeness (QED) is 0.635. The zero-order valence-electron chi connectivity index (χ0n) is 15.2. The summed E-state index contributed by atoms with van der Waals surface area (Å²) >= 11 is 6.10. The summed E-state index contributed by atoms with van der Waals surface area (Å²) < 4.78 is 34.2. The van der Waals surface area contributed by atoms with Crippen LogP contribution in [0.5, 0.6) is 5.75 Å². The van der Waals surface area contributed by atoms with E-state index in [0.717, 1.165) is 11.3 Å². The number of ether oxygens (including phenoxy) is 1. The molecule has 1 atom stereocenters. The van der Waals surface area contributed by atoms with Gasteiger partial charge in [0.1, 0.15) is 11.4 Å². The van der Waals surface area contributed by atoms with Crippen molar-refractivity contribution >= 4 is 21.6 Å². The predicted octanol–water partition coefficient (Wildman–Crippen LogP) is 3.24. The summed E-state index contributed by atoms with van der Waals surface area (Å²) in [5.41, 5.74) is 1.74. The van der Waals surface area contributed by atoms with Crippen LogP contribution in [-0.4, -0.2) is 47.9 Å². The van der Waals surface area contributed by atoms with Crippen LogP contribution in [0.2, 0.25) is 5.02 Å². The molecule has 1 fully saturated rings. The Balaban J connectivity index is 1.52. The highest BCUT2D eigenvalue weighted by Crippen LogP contribution is 2.31. The van der Waals surface area contributed by atoms with E-state index in [4.69, 9.17) is 16.3 Å². The van der Waals surface area contributed by atoms with Gasteiger partial charge in [-0.05, 0) is 24.6 Å². The van der Waals surface area contributed by atoms with Gasteiger partial charge in [-0.15, -0.1) is 5.10 Å². The van der Waals surface area contributed by atoms with Crippen molar-refractivity contribution in [1.82, 2.24) is 19.3 Å². The Labute approximate surface area is 168 Å². The van der Waals surface area contributed by atoms with Gasteiger partial charge in [0.05, 0.1) is 29.3 Å². The molecule has 9 heteroatoms. The molecule has 1 saturated heterocycles. The second-order valence-electron chi connectivity index (χ2n) is 6.55. The molecule has 146 valence electrons. The third-order valence-corrected chi connectivity index (χ3v) is 7.00. The molecule has 0 radical (unpaired) electrons. The number of benzene rings is 2. The number of aromatic nitrogens is 3. The van der Waals surface area contributed by atoms with Crippen LogP contribution in [0.25, 0.3) is 11.3 Å². The number of hydrogen-bond acceptors (Lipinski definition) is 5. The van der Waals surface area contributed by atoms with Crippen LogP contribution in [0.4, 0.5) is 0 Å². The number of sulfonamides is 1. The van der Waals surface area contributed by atoms with E-state index in [2.05, 4.69) is 10.3 Å². The lowest BCUT2D eigenvalue weighted by Crippen LogP contribution is -2.29. The third kappa shape index (κ3) is 3.50. The molecule has 0 aliphatic carbocycles. The fourth-order valence-electron chi connectivity index (χ4n) is 3.30. The summed E-state index contributed by atoms with van der Waals surface area (Å²) in [5, 5.41) is 8.70. The highest BCUT2D eigenvalue weighted by Gasteiger charge is 2.34. The van der Waals surface area contributed by atoms with Gasteiger partial charge < -0.3 is 4.74 Å². The van der Waals surface area contributed by atoms with Crippen molar-refractivity contribution in [3.8, 4) is 17.0 Å². The Bertz CT molecular complexity index is 1090. The maximum Gasteiger partial charge on any atom is 0.243 e. The summed E-state index contributed by atoms with van der Waals surface area (Å²) in [6.45, 7) is 0.751. The number of rotatable bonds is 5. The highest BCUT2D eigenvalue weighted by atomic mass is 35.5. The zero-order valence-corrected chi connectivity index (χ0v) is 16.8. The van der Waals surface area contributed by atoms with Gasteiger partial charge in [0.2, 0.25) is 10.0 Å². The lowest BCUT2D eigenvalue weighted by molar-refractivity contribution is 0.414. The van der Waals surface area contributed by atoms with E-state index in [1.165, 1.54) is 23.5 Å². The van der Waals surface area contributed by atoms with Gasteiger partial charge >= 0.3 is 0 Å². The molecule has 0 amide bonds. The summed E-state index contributed by atoms with van der Waals surface area (Å²) in [5.74, 6) is 0.441. The first-order valence-electron chi connectivity index (χ1n) is 8.80. The minimum absolute atomic E-state index is 0.0616. The van der Waals surface area contributed by atoms with E-state index in [-0.39, 0.29) is 16.0 Å². The van der Waals surface area contributed by atoms with E-state index in [1.807, 2.05) is 36.5 Å². The number of methoxy groups -OCH3 is 1. The molecule has 28 heavy (non-hydrogen) atoms. The molecule has 0 spiro atoms. The van der Waals surface area contributed by atoms with Crippen molar-refractivity contribution in [2.45, 2.75) is 17.4 Å². The van der Waals surface area contributed by atoms with Crippen molar-refractivity contribution in [3.63, 3.8) is 0 Å². The molecular formula is C19H19ClN4O3S. The Kier molecular flexibility index (Phi) is 5.09. The number of halogens is 1. The molecule has 7 nitrogen and oxygen atoms in total. The van der Waals surface area contributed by atoms with Crippen LogP contribution in [0, 0.1) is 0 Å². The van der Waals surface area contributed by atoms with Gasteiger partial charge in [0.15, 0.2) is 0 Å². The van der Waals surface area contributed by atoms with E-state index in [1.54, 1.807) is 10.7 Å². The largest absolute Gasteiger partial charge is 0.495 e. The van der Waals surface area contributed by atoms with Gasteiger partial charge in [-0.1, -0.05) is 47.1 Å². The first-order chi connectivity index (χ1) is 13.5. The molecular weight excluding hydrogens is 400 g/mol. The first kappa shape index (κ1) is 18.9. The molecule has 0 saturated carbocycles. The molecule has 0 unspecified atom stereocenters. The molecule has 2 heterocycles. The van der Waals surface area contributed by atoms with Crippen LogP contribution >= 0.6 is 11.6 Å². The lowest BCUT2D eigenvalue weighted by atomic mass is 10.2. The number of hydrogen-bond donors (Lipinski definition) is 0. The highest BCUT2D eigenvalue weighted by molar-refractivity contribution is 7.89. The first-order valence-corrected chi connectivity index (χ1v) is 10.6. The van der Waals surface area contributed by atoms with E-state index in [0.29, 0.717) is 25.3 Å². The molecule has 4 rings (SSSR count). The van der Waals surface area contributed by atoms with Gasteiger partial charge in [-0.3, -0.25) is 0 Å². The van der Waals surface area contributed by atoms with Crippen LogP contribution in [0.1, 0.15) is 12.5 Å². The molecule has 0 bridgehead atoms. The Morgan fingerprint density at radius 2 is 1.96 bits per heavy atom. The van der Waals surface area contributed by atoms with Crippen molar-refractivity contribution < 1.29 is 13.2 Å². The van der Waals surface area contributed by atoms with E-state index >= 15 is 0 Å². The minimum Gasteiger partial charge on any atom is -0.495 e. The second kappa shape index (κ2) is 7.54. The van der Waals surface area contributed by atoms with E-state index < -0.39 is 10.0 Å². The van der Waals surface area contributed by atoms with Crippen molar-refractivity contribution in [1.29, 1.82) is 0 Å². The third-order valence-electron chi connectivity index (χ3n) is 4.84. The minimum atomic E-state index is -3.64. The lowest BCUT2D eigenvalue weighted by Gasteiger charge is -2.17. The molecule has 3 aromatic rings. The average molecular weight is 419 g/mol. The summed E-state index contributed by atoms with van der Waals surface area (Å²) in [6, 6.07) is 14.2. The Hall–Kier alpha value is -2.42. The van der Waals surface area contributed by atoms with Gasteiger partial charge in [0, 0.05) is 18.7 Å². The smallest absolute Gasteiger partial charge is 0.243 e. The Morgan fingerprint density at radius 1 is 1.18 bits per heavy atom. The monoisotopic (exact) mass is 418 g/mol. The van der Waals surface area contributed by atoms with Gasteiger partial charge in [-0.25, -0.2) is 13.1 Å². The standard InChI is InChI=1S/C19H19ClN4O3S/c1-27-19-8-7-16(11-17(19)20)28(25,26)23-10-9-15(12-23)24-13-18(21-22-24)14-5-3-2-4-6-14/h2-8,11,13,15H,9-10,12H2,1H3/t15-/m1/s1. The fraction of sp³-hybridized carbons (Fsp3) is 0.263. The molecule has 2 aromatic carbocycles. The van der Waals surface area contributed by atoms with E-state index in [9.17, 15) is 8.42 Å². The average Bonchev–Trinajstić information content (AvgIpc) is 3.38. The van der Waals surface area contributed by atoms with Crippen LogP contribution in [0.15, 0.2) is 59.6 Å². The van der Waals surface area contributed by atoms with Crippen molar-refractivity contribution in [2.75, 3.05) is 20.2 Å². The predicted molar refractivity (Wildman–Crippen MR) is 106 cm³/mol. The SMILES string of the molecule is COc1ccc(S(=O)(=O)N2CC[C@@H](n3cc(-c4ccccc4)nn3)C2)cc1Cl. The summed E-state index contributed by atoms with van der Waals surface area (Å²) in [7, 11) is -2.15. The summed E-state index contributed by atoms with van der Waals surface area (Å²) in [4.78, 5) is 0.155. The van der Waals surface area contributed by atoms with Crippen LogP contribution < -0.4 is 4.74 Å². The zero-order chi connectivity index (χ0) is 19.7. The van der Waals surface area contributed by atoms with Crippen LogP contribution in [0.3, 0.4) is 0 Å².